The van der Waals surface area contributed by atoms with E-state index in [2.05, 4.69) is 25.2 Å². The molecule has 1 heteroatoms. The van der Waals surface area contributed by atoms with E-state index in [1.54, 1.807) is 0 Å². The second-order valence-electron chi connectivity index (χ2n) is 3.55. The first kappa shape index (κ1) is 9.53. The predicted molar refractivity (Wildman–Crippen MR) is 53.9 cm³/mol. The molecule has 12 heavy (non-hydrogen) atoms. The molecule has 0 spiro atoms. The Morgan fingerprint density at radius 3 is 3.08 bits per heavy atom. The Labute approximate surface area is 75.3 Å². The zero-order valence-electron chi connectivity index (χ0n) is 7.92. The van der Waals surface area contributed by atoms with Gasteiger partial charge in [-0.05, 0) is 38.1 Å². The van der Waals surface area contributed by atoms with Gasteiger partial charge < -0.3 is 5.73 Å². The van der Waals surface area contributed by atoms with Gasteiger partial charge in [-0.2, -0.15) is 0 Å². The predicted octanol–water partition coefficient (Wildman–Crippen LogP) is 2.64. The van der Waals surface area contributed by atoms with E-state index in [4.69, 9.17) is 5.73 Å². The molecule has 0 aromatic carbocycles. The largest absolute Gasteiger partial charge is 0.330 e. The van der Waals surface area contributed by atoms with Gasteiger partial charge in [0.15, 0.2) is 0 Å². The van der Waals surface area contributed by atoms with Crippen molar-refractivity contribution < 1.29 is 0 Å². The number of rotatable bonds is 2. The van der Waals surface area contributed by atoms with Crippen molar-refractivity contribution >= 4 is 0 Å². The fourth-order valence-corrected chi connectivity index (χ4v) is 1.52. The van der Waals surface area contributed by atoms with Crippen LogP contribution in [0.5, 0.6) is 0 Å². The van der Waals surface area contributed by atoms with Gasteiger partial charge in [0.05, 0.1) is 0 Å². The Morgan fingerprint density at radius 2 is 2.33 bits per heavy atom. The Balaban J connectivity index is 2.58. The molecule has 0 bridgehead atoms. The van der Waals surface area contributed by atoms with Gasteiger partial charge in [-0.25, -0.2) is 0 Å². The average molecular weight is 165 g/mol. The molecule has 0 heterocycles. The van der Waals surface area contributed by atoms with Crippen LogP contribution in [0.25, 0.3) is 0 Å². The Morgan fingerprint density at radius 1 is 1.50 bits per heavy atom. The second kappa shape index (κ2) is 5.15. The van der Waals surface area contributed by atoms with E-state index in [0.717, 1.165) is 6.54 Å². The van der Waals surface area contributed by atoms with Crippen LogP contribution in [-0.2, 0) is 0 Å². The highest BCUT2D eigenvalue weighted by molar-refractivity contribution is 5.16. The van der Waals surface area contributed by atoms with Crippen LogP contribution in [0, 0.1) is 5.92 Å². The summed E-state index contributed by atoms with van der Waals surface area (Å²) >= 11 is 0. The normalized spacial score (nSPS) is 28.0. The van der Waals surface area contributed by atoms with E-state index >= 15 is 0 Å². The fourth-order valence-electron chi connectivity index (χ4n) is 1.52. The zero-order chi connectivity index (χ0) is 8.81. The molecule has 2 N–H and O–H groups in total. The molecule has 0 radical (unpaired) electrons. The summed E-state index contributed by atoms with van der Waals surface area (Å²) in [5.74, 6) is 0.563. The van der Waals surface area contributed by atoms with Gasteiger partial charge in [0.2, 0.25) is 0 Å². The van der Waals surface area contributed by atoms with Crippen LogP contribution in [-0.4, -0.2) is 6.54 Å². The fraction of sp³-hybridized carbons (Fsp3) is 0.636. The molecule has 0 saturated heterocycles. The monoisotopic (exact) mass is 165 g/mol. The molecular formula is C11H19N. The number of nitrogens with two attached hydrogens (primary N) is 1. The van der Waals surface area contributed by atoms with Crippen LogP contribution in [0.4, 0.5) is 0 Å². The lowest BCUT2D eigenvalue weighted by atomic mass is 9.94. The van der Waals surface area contributed by atoms with Crippen molar-refractivity contribution in [3.63, 3.8) is 0 Å². The van der Waals surface area contributed by atoms with Crippen molar-refractivity contribution in [2.45, 2.75) is 32.6 Å². The van der Waals surface area contributed by atoms with Gasteiger partial charge in [-0.15, -0.1) is 0 Å². The van der Waals surface area contributed by atoms with Gasteiger partial charge >= 0.3 is 0 Å². The summed E-state index contributed by atoms with van der Waals surface area (Å²) in [7, 11) is 0. The van der Waals surface area contributed by atoms with Crippen molar-refractivity contribution in [1.29, 1.82) is 0 Å². The van der Waals surface area contributed by atoms with Crippen LogP contribution < -0.4 is 5.73 Å². The average Bonchev–Trinajstić information content (AvgIpc) is 2.02. The van der Waals surface area contributed by atoms with Gasteiger partial charge in [0, 0.05) is 0 Å². The van der Waals surface area contributed by atoms with E-state index < -0.39 is 0 Å². The third-order valence-corrected chi connectivity index (χ3v) is 2.52. The minimum atomic E-state index is 0.563. The van der Waals surface area contributed by atoms with E-state index in [9.17, 15) is 0 Å². The molecule has 0 saturated carbocycles. The van der Waals surface area contributed by atoms with Crippen molar-refractivity contribution in [3.05, 3.63) is 23.8 Å². The first-order valence-corrected chi connectivity index (χ1v) is 4.90. The Kier molecular flexibility index (Phi) is 4.09. The summed E-state index contributed by atoms with van der Waals surface area (Å²) in [6.07, 6.45) is 11.8. The van der Waals surface area contributed by atoms with Crippen LogP contribution in [0.1, 0.15) is 32.6 Å². The minimum absolute atomic E-state index is 0.563. The zero-order valence-corrected chi connectivity index (χ0v) is 7.92. The molecule has 0 aliphatic heterocycles. The van der Waals surface area contributed by atoms with Crippen molar-refractivity contribution in [2.75, 3.05) is 6.54 Å². The highest BCUT2D eigenvalue weighted by Crippen LogP contribution is 2.19. The molecule has 1 aliphatic carbocycles. The van der Waals surface area contributed by atoms with E-state index in [-0.39, 0.29) is 0 Å². The summed E-state index contributed by atoms with van der Waals surface area (Å²) in [5, 5.41) is 0. The SMILES string of the molecule is CC(CN)/C1=C\C=C/CCCC1. The Hall–Kier alpha value is -0.560. The highest BCUT2D eigenvalue weighted by Gasteiger charge is 2.06. The third kappa shape index (κ3) is 2.82. The summed E-state index contributed by atoms with van der Waals surface area (Å²) < 4.78 is 0. The van der Waals surface area contributed by atoms with Crippen LogP contribution in [0.3, 0.4) is 0 Å². The van der Waals surface area contributed by atoms with Gasteiger partial charge in [0.1, 0.15) is 0 Å². The summed E-state index contributed by atoms with van der Waals surface area (Å²) in [6.45, 7) is 2.99. The molecule has 1 aliphatic rings. The molecule has 0 fully saturated rings. The molecule has 0 aromatic rings. The highest BCUT2D eigenvalue weighted by atomic mass is 14.5. The molecular weight excluding hydrogens is 146 g/mol. The molecule has 1 atom stereocenters. The summed E-state index contributed by atoms with van der Waals surface area (Å²) in [4.78, 5) is 0. The second-order valence-corrected chi connectivity index (χ2v) is 3.55. The first-order valence-electron chi connectivity index (χ1n) is 4.90. The molecule has 0 amide bonds. The molecule has 1 nitrogen and oxygen atoms in total. The summed E-state index contributed by atoms with van der Waals surface area (Å²) in [6, 6.07) is 0. The van der Waals surface area contributed by atoms with Gasteiger partial charge in [0.25, 0.3) is 0 Å². The van der Waals surface area contributed by atoms with Crippen LogP contribution in [0.2, 0.25) is 0 Å². The standard InChI is InChI=1S/C11H19N/c1-10(9-12)11-7-5-3-2-4-6-8-11/h3,5,7,10H,2,4,6,8-9,12H2,1H3/b5-3-,11-7-. The maximum absolute atomic E-state index is 5.63. The van der Waals surface area contributed by atoms with Crippen LogP contribution >= 0.6 is 0 Å². The van der Waals surface area contributed by atoms with Crippen molar-refractivity contribution in [2.24, 2.45) is 11.7 Å². The molecule has 68 valence electrons. The van der Waals surface area contributed by atoms with E-state index in [1.165, 1.54) is 31.3 Å². The van der Waals surface area contributed by atoms with E-state index in [0.29, 0.717) is 5.92 Å². The minimum Gasteiger partial charge on any atom is -0.330 e. The lowest BCUT2D eigenvalue weighted by Crippen LogP contribution is -2.13. The van der Waals surface area contributed by atoms with Crippen LogP contribution in [0.15, 0.2) is 23.8 Å². The van der Waals surface area contributed by atoms with Gasteiger partial charge in [-0.1, -0.05) is 30.7 Å². The third-order valence-electron chi connectivity index (χ3n) is 2.52. The summed E-state index contributed by atoms with van der Waals surface area (Å²) in [5.41, 5.74) is 7.15. The van der Waals surface area contributed by atoms with Gasteiger partial charge in [-0.3, -0.25) is 0 Å². The maximum Gasteiger partial charge on any atom is -0.00140 e. The number of allylic oxidation sites excluding steroid dienone is 3. The lowest BCUT2D eigenvalue weighted by Gasteiger charge is -2.14. The number of hydrogen-bond acceptors (Lipinski definition) is 1. The topological polar surface area (TPSA) is 26.0 Å². The molecule has 0 aromatic heterocycles. The first-order chi connectivity index (χ1) is 5.84. The quantitative estimate of drug-likeness (QED) is 0.668. The number of hydrogen-bond donors (Lipinski definition) is 1. The molecule has 1 unspecified atom stereocenters. The molecule has 1 rings (SSSR count). The van der Waals surface area contributed by atoms with Crippen molar-refractivity contribution in [3.8, 4) is 0 Å². The smallest absolute Gasteiger partial charge is 0.00140 e. The van der Waals surface area contributed by atoms with E-state index in [1.807, 2.05) is 0 Å². The van der Waals surface area contributed by atoms with Crippen molar-refractivity contribution in [1.82, 2.24) is 0 Å². The maximum atomic E-state index is 5.63. The lowest BCUT2D eigenvalue weighted by molar-refractivity contribution is 0.622. The Bertz CT molecular complexity index is 179.